The molecule has 1 aliphatic heterocycles. The van der Waals surface area contributed by atoms with Crippen molar-refractivity contribution in [2.45, 2.75) is 6.61 Å². The smallest absolute Gasteiger partial charge is 0.269 e. The molecule has 0 atom stereocenters. The molecule has 0 fully saturated rings. The first kappa shape index (κ1) is 18.4. The minimum Gasteiger partial charge on any atom is -0.489 e. The first-order valence-electron chi connectivity index (χ1n) is 8.70. The van der Waals surface area contributed by atoms with E-state index in [0.29, 0.717) is 17.1 Å². The average molecular weight is 391 g/mol. The van der Waals surface area contributed by atoms with Crippen LogP contribution in [0, 0.1) is 15.9 Å². The van der Waals surface area contributed by atoms with E-state index in [-0.39, 0.29) is 29.4 Å². The largest absolute Gasteiger partial charge is 0.489 e. The van der Waals surface area contributed by atoms with E-state index in [9.17, 15) is 19.3 Å². The van der Waals surface area contributed by atoms with E-state index in [1.165, 1.54) is 24.3 Å². The van der Waals surface area contributed by atoms with Crippen molar-refractivity contribution < 1.29 is 23.6 Å². The molecule has 0 aromatic heterocycles. The van der Waals surface area contributed by atoms with Crippen LogP contribution in [0.3, 0.4) is 0 Å². The van der Waals surface area contributed by atoms with E-state index in [1.807, 2.05) is 0 Å². The summed E-state index contributed by atoms with van der Waals surface area (Å²) in [5, 5.41) is 10.7. The third-order valence-electron chi connectivity index (χ3n) is 4.39. The van der Waals surface area contributed by atoms with Crippen LogP contribution in [0.25, 0.3) is 6.08 Å². The van der Waals surface area contributed by atoms with Gasteiger partial charge in [0.2, 0.25) is 5.78 Å². The number of hydrogen-bond donors (Lipinski definition) is 0. The van der Waals surface area contributed by atoms with Gasteiger partial charge in [-0.05, 0) is 42.0 Å². The molecule has 0 aliphatic carbocycles. The zero-order valence-electron chi connectivity index (χ0n) is 15.0. The van der Waals surface area contributed by atoms with Gasteiger partial charge in [0.15, 0.2) is 5.76 Å². The average Bonchev–Trinajstić information content (AvgIpc) is 3.03. The van der Waals surface area contributed by atoms with E-state index in [1.54, 1.807) is 48.5 Å². The minimum atomic E-state index is -0.466. The van der Waals surface area contributed by atoms with E-state index in [4.69, 9.17) is 9.47 Å². The van der Waals surface area contributed by atoms with E-state index >= 15 is 0 Å². The lowest BCUT2D eigenvalue weighted by molar-refractivity contribution is -0.384. The topological polar surface area (TPSA) is 78.7 Å². The molecule has 4 rings (SSSR count). The molecule has 0 saturated heterocycles. The molecule has 0 unspecified atom stereocenters. The second kappa shape index (κ2) is 7.55. The number of nitro benzene ring substituents is 1. The van der Waals surface area contributed by atoms with Crippen LogP contribution in [0.5, 0.6) is 11.5 Å². The van der Waals surface area contributed by atoms with Crippen LogP contribution >= 0.6 is 0 Å². The molecule has 29 heavy (non-hydrogen) atoms. The number of benzene rings is 3. The number of halogens is 1. The Bertz CT molecular complexity index is 1140. The fraction of sp³-hybridized carbons (Fsp3) is 0.0455. The van der Waals surface area contributed by atoms with Gasteiger partial charge in [-0.1, -0.05) is 18.2 Å². The summed E-state index contributed by atoms with van der Waals surface area (Å²) in [6.07, 6.45) is 1.37. The molecule has 0 spiro atoms. The summed E-state index contributed by atoms with van der Waals surface area (Å²) < 4.78 is 25.1. The maximum absolute atomic E-state index is 13.8. The predicted octanol–water partition coefficient (Wildman–Crippen LogP) is 4.93. The monoisotopic (exact) mass is 391 g/mol. The van der Waals surface area contributed by atoms with E-state index in [0.717, 1.165) is 5.56 Å². The van der Waals surface area contributed by atoms with E-state index in [2.05, 4.69) is 0 Å². The molecule has 1 heterocycles. The first-order chi connectivity index (χ1) is 14.0. The van der Waals surface area contributed by atoms with Crippen molar-refractivity contribution in [3.63, 3.8) is 0 Å². The number of ketones is 1. The second-order valence-corrected chi connectivity index (χ2v) is 6.33. The van der Waals surface area contributed by atoms with Crippen LogP contribution < -0.4 is 9.47 Å². The summed E-state index contributed by atoms with van der Waals surface area (Å²) >= 11 is 0. The summed E-state index contributed by atoms with van der Waals surface area (Å²) in [4.78, 5) is 22.7. The summed E-state index contributed by atoms with van der Waals surface area (Å²) in [7, 11) is 0. The predicted molar refractivity (Wildman–Crippen MR) is 103 cm³/mol. The standard InChI is InChI=1S/C22H14FNO5/c23-19-4-2-1-3-15(19)11-21-22(25)18-10-9-17(12-20(18)29-21)28-13-14-5-7-16(8-6-14)24(26)27/h1-12H,13H2/b21-11-. The number of ether oxygens (including phenoxy) is 2. The van der Waals surface area contributed by atoms with Gasteiger partial charge in [0.05, 0.1) is 10.5 Å². The van der Waals surface area contributed by atoms with Gasteiger partial charge in [-0.2, -0.15) is 0 Å². The Balaban J connectivity index is 1.49. The van der Waals surface area contributed by atoms with Gasteiger partial charge in [-0.3, -0.25) is 14.9 Å². The first-order valence-corrected chi connectivity index (χ1v) is 8.70. The molecular formula is C22H14FNO5. The summed E-state index contributed by atoms with van der Waals surface area (Å²) in [5.41, 5.74) is 1.40. The Hall–Kier alpha value is -4.00. The Morgan fingerprint density at radius 1 is 1.07 bits per heavy atom. The highest BCUT2D eigenvalue weighted by Gasteiger charge is 2.28. The molecular weight excluding hydrogens is 377 g/mol. The van der Waals surface area contributed by atoms with Crippen LogP contribution in [0.4, 0.5) is 10.1 Å². The van der Waals surface area contributed by atoms with Crippen molar-refractivity contribution in [3.05, 3.63) is 105 Å². The Morgan fingerprint density at radius 2 is 1.83 bits per heavy atom. The quantitative estimate of drug-likeness (QED) is 0.350. The third kappa shape index (κ3) is 3.84. The lowest BCUT2D eigenvalue weighted by Gasteiger charge is -2.07. The summed E-state index contributed by atoms with van der Waals surface area (Å²) in [6.45, 7) is 0.197. The fourth-order valence-corrected chi connectivity index (χ4v) is 2.87. The van der Waals surface area contributed by atoms with Crippen LogP contribution in [-0.4, -0.2) is 10.7 Å². The van der Waals surface area contributed by atoms with Crippen molar-refractivity contribution in [1.29, 1.82) is 0 Å². The molecule has 0 amide bonds. The normalized spacial score (nSPS) is 13.8. The number of rotatable bonds is 5. The highest BCUT2D eigenvalue weighted by atomic mass is 19.1. The van der Waals surface area contributed by atoms with Crippen LogP contribution in [-0.2, 0) is 6.61 Å². The molecule has 0 N–H and O–H groups in total. The van der Waals surface area contributed by atoms with Crippen molar-refractivity contribution in [1.82, 2.24) is 0 Å². The number of fused-ring (bicyclic) bond motifs is 1. The summed E-state index contributed by atoms with van der Waals surface area (Å²) in [6, 6.07) is 16.9. The van der Waals surface area contributed by atoms with Gasteiger partial charge in [-0.15, -0.1) is 0 Å². The molecule has 6 nitrogen and oxygen atoms in total. The van der Waals surface area contributed by atoms with E-state index < -0.39 is 10.7 Å². The van der Waals surface area contributed by atoms with Crippen molar-refractivity contribution in [2.75, 3.05) is 0 Å². The molecule has 1 aliphatic rings. The van der Waals surface area contributed by atoms with Crippen LogP contribution in [0.15, 0.2) is 72.5 Å². The molecule has 7 heteroatoms. The maximum atomic E-state index is 13.8. The van der Waals surface area contributed by atoms with Crippen LogP contribution in [0.2, 0.25) is 0 Å². The van der Waals surface area contributed by atoms with Crippen LogP contribution in [0.1, 0.15) is 21.5 Å². The van der Waals surface area contributed by atoms with Crippen molar-refractivity contribution in [3.8, 4) is 11.5 Å². The summed E-state index contributed by atoms with van der Waals surface area (Å²) in [5.74, 6) is 0.0723. The zero-order valence-corrected chi connectivity index (χ0v) is 15.0. The minimum absolute atomic E-state index is 0.00682. The van der Waals surface area contributed by atoms with Gasteiger partial charge in [-0.25, -0.2) is 4.39 Å². The Labute approximate surface area is 165 Å². The van der Waals surface area contributed by atoms with Gasteiger partial charge in [0.1, 0.15) is 23.9 Å². The Morgan fingerprint density at radius 3 is 2.55 bits per heavy atom. The number of nitro groups is 1. The number of nitrogens with zero attached hydrogens (tertiary/aromatic N) is 1. The molecule has 144 valence electrons. The molecule has 3 aromatic rings. The molecule has 0 radical (unpaired) electrons. The Kier molecular flexibility index (Phi) is 4.78. The van der Waals surface area contributed by atoms with Gasteiger partial charge in [0, 0.05) is 23.8 Å². The number of carbonyl (C=O) groups excluding carboxylic acids is 1. The van der Waals surface area contributed by atoms with Gasteiger partial charge >= 0.3 is 0 Å². The SMILES string of the molecule is O=C1/C(=C/c2ccccc2F)Oc2cc(OCc3ccc([N+](=O)[O-])cc3)ccc21. The van der Waals surface area contributed by atoms with Crippen molar-refractivity contribution in [2.24, 2.45) is 0 Å². The zero-order chi connectivity index (χ0) is 20.4. The number of Topliss-reactive ketones (excluding diaryl/α,β-unsaturated/α-hetero) is 1. The molecule has 3 aromatic carbocycles. The van der Waals surface area contributed by atoms with Crippen molar-refractivity contribution >= 4 is 17.5 Å². The fourth-order valence-electron chi connectivity index (χ4n) is 2.87. The number of carbonyl (C=O) groups is 1. The van der Waals surface area contributed by atoms with Gasteiger partial charge < -0.3 is 9.47 Å². The number of hydrogen-bond acceptors (Lipinski definition) is 5. The molecule has 0 bridgehead atoms. The lowest BCUT2D eigenvalue weighted by Crippen LogP contribution is -1.98. The maximum Gasteiger partial charge on any atom is 0.269 e. The van der Waals surface area contributed by atoms with Gasteiger partial charge in [0.25, 0.3) is 5.69 Å². The lowest BCUT2D eigenvalue weighted by atomic mass is 10.1. The number of non-ortho nitro benzene ring substituents is 1. The third-order valence-corrected chi connectivity index (χ3v) is 4.39. The highest BCUT2D eigenvalue weighted by Crippen LogP contribution is 2.35. The highest BCUT2D eigenvalue weighted by molar-refractivity contribution is 6.14. The second-order valence-electron chi connectivity index (χ2n) is 6.33. The number of allylic oxidation sites excluding steroid dienone is 1. The molecule has 0 saturated carbocycles.